The molecule has 1 rings (SSSR count). The quantitative estimate of drug-likeness (QED) is 0.422. The molecule has 0 aliphatic rings. The average molecular weight is 339 g/mol. The van der Waals surface area contributed by atoms with Crippen LogP contribution in [0.1, 0.15) is 10.4 Å². The minimum absolute atomic E-state index is 0.000501. The average Bonchev–Trinajstić information content (AvgIpc) is 2.44. The van der Waals surface area contributed by atoms with Crippen LogP contribution in [-0.4, -0.2) is 48.9 Å². The van der Waals surface area contributed by atoms with Gasteiger partial charge in [-0.3, -0.25) is 0 Å². The fourth-order valence-corrected chi connectivity index (χ4v) is 2.60. The summed E-state index contributed by atoms with van der Waals surface area (Å²) in [7, 11) is 5.23. The number of halogens is 1. The van der Waals surface area contributed by atoms with Crippen LogP contribution >= 0.6 is 10.7 Å². The summed E-state index contributed by atoms with van der Waals surface area (Å²) in [5.41, 5.74) is -0.155. The van der Waals surface area contributed by atoms with Crippen molar-refractivity contribution in [2.75, 3.05) is 34.5 Å². The van der Waals surface area contributed by atoms with E-state index in [1.165, 1.54) is 33.5 Å². The molecule has 21 heavy (non-hydrogen) atoms. The molecule has 0 bridgehead atoms. The van der Waals surface area contributed by atoms with Crippen molar-refractivity contribution in [1.29, 1.82) is 0 Å². The van der Waals surface area contributed by atoms with Crippen LogP contribution in [0.25, 0.3) is 0 Å². The Labute approximate surface area is 127 Å². The van der Waals surface area contributed by atoms with Gasteiger partial charge in [0.2, 0.25) is 0 Å². The van der Waals surface area contributed by atoms with Gasteiger partial charge in [-0.1, -0.05) is 0 Å². The first-order valence-electron chi connectivity index (χ1n) is 5.72. The lowest BCUT2D eigenvalue weighted by molar-refractivity contribution is 0.0381. The summed E-state index contributed by atoms with van der Waals surface area (Å²) in [5, 5.41) is 0. The SMILES string of the molecule is COCCOC(=O)c1c(OC)ccc(S(=O)(=O)Cl)c1OC. The second-order valence-corrected chi connectivity index (χ2v) is 6.28. The third kappa shape index (κ3) is 4.23. The largest absolute Gasteiger partial charge is 0.496 e. The van der Waals surface area contributed by atoms with Gasteiger partial charge in [-0.15, -0.1) is 0 Å². The molecule has 0 radical (unpaired) electrons. The molecule has 0 saturated heterocycles. The number of hydrogen-bond acceptors (Lipinski definition) is 7. The van der Waals surface area contributed by atoms with Gasteiger partial charge < -0.3 is 18.9 Å². The summed E-state index contributed by atoms with van der Waals surface area (Å²) in [6.45, 7) is 0.198. The third-order valence-electron chi connectivity index (χ3n) is 2.49. The van der Waals surface area contributed by atoms with E-state index in [1.807, 2.05) is 0 Å². The first-order valence-corrected chi connectivity index (χ1v) is 8.03. The molecular weight excluding hydrogens is 324 g/mol. The Kier molecular flexibility index (Phi) is 6.25. The van der Waals surface area contributed by atoms with E-state index in [1.54, 1.807) is 0 Å². The number of ether oxygens (including phenoxy) is 4. The van der Waals surface area contributed by atoms with Gasteiger partial charge in [-0.25, -0.2) is 13.2 Å². The molecule has 0 aliphatic carbocycles. The van der Waals surface area contributed by atoms with E-state index in [2.05, 4.69) is 0 Å². The zero-order chi connectivity index (χ0) is 16.0. The van der Waals surface area contributed by atoms with E-state index >= 15 is 0 Å². The molecular formula is C12H15ClO7S. The van der Waals surface area contributed by atoms with Crippen molar-refractivity contribution in [3.8, 4) is 11.5 Å². The number of rotatable bonds is 7. The number of carbonyl (C=O) groups is 1. The molecule has 0 spiro atoms. The second kappa shape index (κ2) is 7.48. The number of benzene rings is 1. The fourth-order valence-electron chi connectivity index (χ4n) is 1.59. The smallest absolute Gasteiger partial charge is 0.345 e. The molecule has 0 aromatic heterocycles. The normalized spacial score (nSPS) is 11.0. The van der Waals surface area contributed by atoms with Crippen LogP contribution in [0.2, 0.25) is 0 Å². The Morgan fingerprint density at radius 3 is 2.29 bits per heavy atom. The van der Waals surface area contributed by atoms with Crippen LogP contribution in [0.15, 0.2) is 17.0 Å². The van der Waals surface area contributed by atoms with E-state index in [0.717, 1.165) is 0 Å². The van der Waals surface area contributed by atoms with Crippen LogP contribution in [0.4, 0.5) is 0 Å². The van der Waals surface area contributed by atoms with E-state index < -0.39 is 15.0 Å². The summed E-state index contributed by atoms with van der Waals surface area (Å²) in [6.07, 6.45) is 0. The predicted molar refractivity (Wildman–Crippen MR) is 74.7 cm³/mol. The maximum Gasteiger partial charge on any atom is 0.345 e. The first-order chi connectivity index (χ1) is 9.86. The Morgan fingerprint density at radius 2 is 1.81 bits per heavy atom. The number of carbonyl (C=O) groups excluding carboxylic acids is 1. The molecule has 1 aromatic rings. The molecule has 0 aliphatic heterocycles. The lowest BCUT2D eigenvalue weighted by Crippen LogP contribution is -2.13. The van der Waals surface area contributed by atoms with E-state index in [0.29, 0.717) is 0 Å². The molecule has 0 amide bonds. The minimum Gasteiger partial charge on any atom is -0.496 e. The van der Waals surface area contributed by atoms with Crippen LogP contribution in [-0.2, 0) is 18.5 Å². The molecule has 1 aromatic carbocycles. The molecule has 9 heteroatoms. The van der Waals surface area contributed by atoms with Crippen molar-refractivity contribution in [1.82, 2.24) is 0 Å². The fraction of sp³-hybridized carbons (Fsp3) is 0.417. The Morgan fingerprint density at radius 1 is 1.14 bits per heavy atom. The number of hydrogen-bond donors (Lipinski definition) is 0. The summed E-state index contributed by atoms with van der Waals surface area (Å²) < 4.78 is 42.8. The molecule has 118 valence electrons. The van der Waals surface area contributed by atoms with Gasteiger partial charge in [0.25, 0.3) is 9.05 Å². The standard InChI is InChI=1S/C12H15ClO7S/c1-17-6-7-20-12(14)10-8(18-2)4-5-9(11(10)19-3)21(13,15)16/h4-5H,6-7H2,1-3H3. The summed E-state index contributed by atoms with van der Waals surface area (Å²) in [6, 6.07) is 2.48. The maximum absolute atomic E-state index is 12.1. The van der Waals surface area contributed by atoms with Crippen LogP contribution in [0, 0.1) is 0 Å². The maximum atomic E-state index is 12.1. The lowest BCUT2D eigenvalue weighted by Gasteiger charge is -2.14. The number of esters is 1. The highest BCUT2D eigenvalue weighted by Crippen LogP contribution is 2.36. The summed E-state index contributed by atoms with van der Waals surface area (Å²) in [4.78, 5) is 11.7. The molecule has 0 saturated carbocycles. The molecule has 0 atom stereocenters. The summed E-state index contributed by atoms with van der Waals surface area (Å²) in [5.74, 6) is -0.923. The topological polar surface area (TPSA) is 88.1 Å². The van der Waals surface area contributed by atoms with Gasteiger partial charge in [0.1, 0.15) is 22.8 Å². The molecule has 0 unspecified atom stereocenters. The van der Waals surface area contributed by atoms with Crippen molar-refractivity contribution in [2.45, 2.75) is 4.90 Å². The number of methoxy groups -OCH3 is 3. The van der Waals surface area contributed by atoms with Gasteiger partial charge in [-0.05, 0) is 12.1 Å². The zero-order valence-electron chi connectivity index (χ0n) is 11.7. The molecule has 7 nitrogen and oxygen atoms in total. The van der Waals surface area contributed by atoms with Crippen molar-refractivity contribution < 1.29 is 32.2 Å². The van der Waals surface area contributed by atoms with Crippen molar-refractivity contribution in [3.05, 3.63) is 17.7 Å². The van der Waals surface area contributed by atoms with E-state index in [9.17, 15) is 13.2 Å². The Balaban J connectivity index is 3.35. The first kappa shape index (κ1) is 17.5. The van der Waals surface area contributed by atoms with Gasteiger partial charge in [-0.2, -0.15) is 0 Å². The molecule has 0 fully saturated rings. The van der Waals surface area contributed by atoms with Gasteiger partial charge in [0, 0.05) is 17.8 Å². The highest BCUT2D eigenvalue weighted by molar-refractivity contribution is 8.13. The third-order valence-corrected chi connectivity index (χ3v) is 3.84. The summed E-state index contributed by atoms with van der Waals surface area (Å²) >= 11 is 0. The van der Waals surface area contributed by atoms with Crippen molar-refractivity contribution >= 4 is 25.7 Å². The van der Waals surface area contributed by atoms with Gasteiger partial charge in [0.05, 0.1) is 20.8 Å². The van der Waals surface area contributed by atoms with Gasteiger partial charge in [0.15, 0.2) is 5.75 Å². The minimum atomic E-state index is -4.09. The molecule has 0 heterocycles. The Hall–Kier alpha value is -1.51. The zero-order valence-corrected chi connectivity index (χ0v) is 13.3. The highest BCUT2D eigenvalue weighted by Gasteiger charge is 2.27. The van der Waals surface area contributed by atoms with Crippen LogP contribution in [0.5, 0.6) is 11.5 Å². The molecule has 0 N–H and O–H groups in total. The Bertz CT molecular complexity index is 612. The predicted octanol–water partition coefficient (Wildman–Crippen LogP) is 1.43. The van der Waals surface area contributed by atoms with Gasteiger partial charge >= 0.3 is 5.97 Å². The van der Waals surface area contributed by atoms with Crippen molar-refractivity contribution in [2.24, 2.45) is 0 Å². The van der Waals surface area contributed by atoms with Crippen LogP contribution < -0.4 is 9.47 Å². The van der Waals surface area contributed by atoms with Crippen molar-refractivity contribution in [3.63, 3.8) is 0 Å². The van der Waals surface area contributed by atoms with E-state index in [-0.39, 0.29) is 35.2 Å². The monoisotopic (exact) mass is 338 g/mol. The lowest BCUT2D eigenvalue weighted by atomic mass is 10.1. The highest BCUT2D eigenvalue weighted by atomic mass is 35.7. The second-order valence-electron chi connectivity index (χ2n) is 3.74. The van der Waals surface area contributed by atoms with E-state index in [4.69, 9.17) is 29.6 Å². The van der Waals surface area contributed by atoms with Crippen LogP contribution in [0.3, 0.4) is 0 Å².